The van der Waals surface area contributed by atoms with Gasteiger partial charge in [-0.1, -0.05) is 23.7 Å². The summed E-state index contributed by atoms with van der Waals surface area (Å²) in [5.74, 6) is -1.23. The standard InChI is InChI=1S/C26H25ClFN5O4/c1-26(25(36)29-12-15-3-5-16(28)6-4-15)13-32-14-30-21(22(32)24(35)33(26)18-8-9-18)23(34)31-17-7-10-20(37-2)19(27)11-17/h3-7,10-11,14,18H,8-9,12-13H2,1-2H3,(H,29,36)(H,31,34). The van der Waals surface area contributed by atoms with E-state index in [9.17, 15) is 18.8 Å². The molecule has 9 nitrogen and oxygen atoms in total. The summed E-state index contributed by atoms with van der Waals surface area (Å²) < 4.78 is 19.9. The average Bonchev–Trinajstić information content (AvgIpc) is 3.61. The van der Waals surface area contributed by atoms with Gasteiger partial charge >= 0.3 is 0 Å². The van der Waals surface area contributed by atoms with E-state index in [1.807, 2.05) is 0 Å². The molecule has 2 heterocycles. The lowest BCUT2D eigenvalue weighted by Crippen LogP contribution is -2.64. The van der Waals surface area contributed by atoms with E-state index in [-0.39, 0.29) is 42.2 Å². The van der Waals surface area contributed by atoms with E-state index in [1.165, 1.54) is 25.6 Å². The van der Waals surface area contributed by atoms with Gasteiger partial charge in [-0.25, -0.2) is 9.37 Å². The molecular weight excluding hydrogens is 501 g/mol. The molecule has 11 heteroatoms. The summed E-state index contributed by atoms with van der Waals surface area (Å²) in [6.07, 6.45) is 2.94. The normalized spacial score (nSPS) is 18.8. The van der Waals surface area contributed by atoms with Gasteiger partial charge in [0.15, 0.2) is 5.69 Å². The summed E-state index contributed by atoms with van der Waals surface area (Å²) in [4.78, 5) is 46.0. The lowest BCUT2D eigenvalue weighted by molar-refractivity contribution is -0.133. The van der Waals surface area contributed by atoms with Gasteiger partial charge in [-0.2, -0.15) is 0 Å². The molecule has 2 aliphatic rings. The number of amides is 3. The highest BCUT2D eigenvalue weighted by atomic mass is 35.5. The van der Waals surface area contributed by atoms with Gasteiger partial charge in [-0.3, -0.25) is 14.4 Å². The molecule has 1 fully saturated rings. The Morgan fingerprint density at radius 2 is 1.95 bits per heavy atom. The molecule has 0 saturated heterocycles. The molecular formula is C26H25ClFN5O4. The minimum absolute atomic E-state index is 0.0311. The van der Waals surface area contributed by atoms with Crippen LogP contribution in [0.25, 0.3) is 0 Å². The van der Waals surface area contributed by atoms with Crippen molar-refractivity contribution in [2.24, 2.45) is 0 Å². The number of fused-ring (bicyclic) bond motifs is 1. The first kappa shape index (κ1) is 24.8. The molecule has 3 amide bonds. The summed E-state index contributed by atoms with van der Waals surface area (Å²) in [6.45, 7) is 2.04. The molecule has 0 spiro atoms. The van der Waals surface area contributed by atoms with Gasteiger partial charge in [0.25, 0.3) is 11.8 Å². The van der Waals surface area contributed by atoms with Crippen molar-refractivity contribution in [2.75, 3.05) is 12.4 Å². The van der Waals surface area contributed by atoms with Crippen LogP contribution in [0.15, 0.2) is 48.8 Å². The molecule has 37 heavy (non-hydrogen) atoms. The molecule has 2 aromatic carbocycles. The maximum Gasteiger partial charge on any atom is 0.276 e. The van der Waals surface area contributed by atoms with Gasteiger partial charge < -0.3 is 24.8 Å². The Morgan fingerprint density at radius 1 is 1.22 bits per heavy atom. The number of aromatic nitrogens is 2. The highest BCUT2D eigenvalue weighted by molar-refractivity contribution is 6.32. The van der Waals surface area contributed by atoms with Gasteiger partial charge in [-0.15, -0.1) is 0 Å². The third kappa shape index (κ3) is 4.64. The Kier molecular flexibility index (Phi) is 6.36. The molecule has 1 unspecified atom stereocenters. The van der Waals surface area contributed by atoms with E-state index in [2.05, 4.69) is 15.6 Å². The number of nitrogens with zero attached hydrogens (tertiary/aromatic N) is 3. The van der Waals surface area contributed by atoms with Gasteiger partial charge in [-0.05, 0) is 55.7 Å². The second-order valence-corrected chi connectivity index (χ2v) is 9.77. The number of carbonyl (C=O) groups is 3. The van der Waals surface area contributed by atoms with Crippen LogP contribution in [0, 0.1) is 5.82 Å². The molecule has 0 radical (unpaired) electrons. The number of imidazole rings is 1. The summed E-state index contributed by atoms with van der Waals surface area (Å²) in [7, 11) is 1.49. The Bertz CT molecular complexity index is 1390. The lowest BCUT2D eigenvalue weighted by atomic mass is 9.93. The fourth-order valence-electron chi connectivity index (χ4n) is 4.63. The van der Waals surface area contributed by atoms with Gasteiger partial charge in [0, 0.05) is 18.3 Å². The first-order chi connectivity index (χ1) is 17.7. The number of rotatable bonds is 7. The molecule has 1 atom stereocenters. The highest BCUT2D eigenvalue weighted by Crippen LogP contribution is 2.39. The number of halogens is 2. The maximum absolute atomic E-state index is 13.7. The van der Waals surface area contributed by atoms with Crippen LogP contribution in [0.5, 0.6) is 5.75 Å². The van der Waals surface area contributed by atoms with Crippen molar-refractivity contribution in [1.29, 1.82) is 0 Å². The number of anilines is 1. The van der Waals surface area contributed by atoms with Crippen LogP contribution < -0.4 is 15.4 Å². The van der Waals surface area contributed by atoms with Gasteiger partial charge in [0.05, 0.1) is 25.0 Å². The third-order valence-electron chi connectivity index (χ3n) is 6.66. The first-order valence-corrected chi connectivity index (χ1v) is 12.2. The van der Waals surface area contributed by atoms with Crippen molar-refractivity contribution in [1.82, 2.24) is 19.8 Å². The number of methoxy groups -OCH3 is 1. The first-order valence-electron chi connectivity index (χ1n) is 11.8. The maximum atomic E-state index is 13.7. The smallest absolute Gasteiger partial charge is 0.276 e. The van der Waals surface area contributed by atoms with Crippen molar-refractivity contribution >= 4 is 35.0 Å². The second-order valence-electron chi connectivity index (χ2n) is 9.36. The van der Waals surface area contributed by atoms with Crippen LogP contribution in [-0.2, 0) is 17.9 Å². The Hall–Kier alpha value is -3.92. The van der Waals surface area contributed by atoms with E-state index in [0.717, 1.165) is 18.4 Å². The van der Waals surface area contributed by atoms with E-state index in [0.29, 0.717) is 16.5 Å². The van der Waals surface area contributed by atoms with E-state index in [1.54, 1.807) is 46.7 Å². The van der Waals surface area contributed by atoms with Crippen molar-refractivity contribution < 1.29 is 23.5 Å². The summed E-state index contributed by atoms with van der Waals surface area (Å²) >= 11 is 6.16. The zero-order valence-electron chi connectivity index (χ0n) is 20.3. The van der Waals surface area contributed by atoms with Crippen molar-refractivity contribution in [3.63, 3.8) is 0 Å². The summed E-state index contributed by atoms with van der Waals surface area (Å²) in [5, 5.41) is 5.92. The zero-order valence-corrected chi connectivity index (χ0v) is 21.0. The van der Waals surface area contributed by atoms with Crippen LogP contribution in [0.1, 0.15) is 46.3 Å². The predicted octanol–water partition coefficient (Wildman–Crippen LogP) is 3.63. The largest absolute Gasteiger partial charge is 0.495 e. The number of nitrogens with one attached hydrogen (secondary N) is 2. The number of carbonyl (C=O) groups excluding carboxylic acids is 3. The van der Waals surface area contributed by atoms with Gasteiger partial charge in [0.2, 0.25) is 5.91 Å². The third-order valence-corrected chi connectivity index (χ3v) is 6.96. The quantitative estimate of drug-likeness (QED) is 0.490. The molecule has 192 valence electrons. The van der Waals surface area contributed by atoms with Crippen LogP contribution in [0.3, 0.4) is 0 Å². The fraction of sp³-hybridized carbons (Fsp3) is 0.308. The average molecular weight is 526 g/mol. The van der Waals surface area contributed by atoms with Crippen LogP contribution in [0.4, 0.5) is 10.1 Å². The van der Waals surface area contributed by atoms with Crippen molar-refractivity contribution in [3.8, 4) is 5.75 Å². The number of hydrogen-bond donors (Lipinski definition) is 2. The molecule has 1 aliphatic heterocycles. The zero-order chi connectivity index (χ0) is 26.3. The minimum atomic E-state index is -1.19. The SMILES string of the molecule is COc1ccc(NC(=O)c2ncn3c2C(=O)N(C2CC2)C(C)(C(=O)NCc2ccc(F)cc2)C3)cc1Cl. The number of ether oxygens (including phenoxy) is 1. The minimum Gasteiger partial charge on any atom is -0.495 e. The van der Waals surface area contributed by atoms with Crippen LogP contribution in [-0.4, -0.2) is 50.9 Å². The van der Waals surface area contributed by atoms with Crippen molar-refractivity contribution in [2.45, 2.75) is 44.4 Å². The van der Waals surface area contributed by atoms with Crippen LogP contribution in [0.2, 0.25) is 5.02 Å². The fourth-order valence-corrected chi connectivity index (χ4v) is 4.89. The van der Waals surface area contributed by atoms with Crippen LogP contribution >= 0.6 is 11.6 Å². The lowest BCUT2D eigenvalue weighted by Gasteiger charge is -2.44. The monoisotopic (exact) mass is 525 g/mol. The Balaban J connectivity index is 1.39. The Morgan fingerprint density at radius 3 is 2.59 bits per heavy atom. The van der Waals surface area contributed by atoms with Gasteiger partial charge in [0.1, 0.15) is 22.8 Å². The van der Waals surface area contributed by atoms with E-state index in [4.69, 9.17) is 16.3 Å². The van der Waals surface area contributed by atoms with Crippen molar-refractivity contribution in [3.05, 3.63) is 76.6 Å². The second kappa shape index (κ2) is 9.51. The molecule has 1 saturated carbocycles. The van der Waals surface area contributed by atoms with E-state index < -0.39 is 17.4 Å². The summed E-state index contributed by atoms with van der Waals surface area (Å²) in [6, 6.07) is 10.5. The number of hydrogen-bond acceptors (Lipinski definition) is 5. The molecule has 0 bridgehead atoms. The Labute approximate surface area is 217 Å². The van der Waals surface area contributed by atoms with E-state index >= 15 is 0 Å². The molecule has 1 aromatic heterocycles. The molecule has 3 aromatic rings. The predicted molar refractivity (Wildman–Crippen MR) is 134 cm³/mol. The number of benzene rings is 2. The molecule has 5 rings (SSSR count). The summed E-state index contributed by atoms with van der Waals surface area (Å²) in [5.41, 5.74) is 0.0666. The molecule has 1 aliphatic carbocycles. The highest BCUT2D eigenvalue weighted by Gasteiger charge is 2.53. The topological polar surface area (TPSA) is 106 Å². The molecule has 2 N–H and O–H groups in total.